The Morgan fingerprint density at radius 1 is 1.53 bits per heavy atom. The molecule has 1 aliphatic heterocycles. The lowest BCUT2D eigenvalue weighted by Crippen LogP contribution is -2.13. The third kappa shape index (κ3) is 2.83. The summed E-state index contributed by atoms with van der Waals surface area (Å²) in [6.45, 7) is 0.789. The average molecular weight is 368 g/mol. The summed E-state index contributed by atoms with van der Waals surface area (Å²) in [6, 6.07) is 3.14. The highest BCUT2D eigenvalue weighted by Gasteiger charge is 2.28. The molecule has 94 valence electrons. The molecule has 17 heavy (non-hydrogen) atoms. The first-order valence-electron chi connectivity index (χ1n) is 5.42. The molecule has 0 amide bonds. The SMILES string of the molecule is COc1cc(F)c(Br)cc1C(Br)C1CCCO1. The molecule has 1 aliphatic rings. The van der Waals surface area contributed by atoms with Crippen molar-refractivity contribution in [3.63, 3.8) is 0 Å². The maximum absolute atomic E-state index is 13.4. The van der Waals surface area contributed by atoms with Gasteiger partial charge in [-0.05, 0) is 34.8 Å². The molecule has 0 radical (unpaired) electrons. The van der Waals surface area contributed by atoms with Gasteiger partial charge in [0.05, 0.1) is 22.5 Å². The molecular formula is C12H13Br2FO2. The molecule has 2 rings (SSSR count). The number of alkyl halides is 1. The van der Waals surface area contributed by atoms with Gasteiger partial charge in [-0.2, -0.15) is 0 Å². The van der Waals surface area contributed by atoms with Gasteiger partial charge in [0.25, 0.3) is 0 Å². The first kappa shape index (κ1) is 13.3. The summed E-state index contributed by atoms with van der Waals surface area (Å²) in [5.74, 6) is 0.223. The Hall–Kier alpha value is -0.130. The molecule has 1 heterocycles. The van der Waals surface area contributed by atoms with Crippen LogP contribution in [-0.2, 0) is 4.74 Å². The number of halogens is 3. The van der Waals surface area contributed by atoms with Crippen LogP contribution in [0.25, 0.3) is 0 Å². The number of rotatable bonds is 3. The van der Waals surface area contributed by atoms with Crippen LogP contribution >= 0.6 is 31.9 Å². The van der Waals surface area contributed by atoms with Crippen LogP contribution in [0, 0.1) is 5.82 Å². The Bertz CT molecular complexity index is 406. The fourth-order valence-corrected chi connectivity index (χ4v) is 3.11. The summed E-state index contributed by atoms with van der Waals surface area (Å²) in [4.78, 5) is 0.0249. The van der Waals surface area contributed by atoms with Gasteiger partial charge in [-0.1, -0.05) is 15.9 Å². The fraction of sp³-hybridized carbons (Fsp3) is 0.500. The van der Waals surface area contributed by atoms with E-state index in [1.54, 1.807) is 13.2 Å². The second-order valence-electron chi connectivity index (χ2n) is 3.96. The highest BCUT2D eigenvalue weighted by atomic mass is 79.9. The van der Waals surface area contributed by atoms with E-state index in [2.05, 4.69) is 31.9 Å². The van der Waals surface area contributed by atoms with Gasteiger partial charge in [0.15, 0.2) is 0 Å². The lowest BCUT2D eigenvalue weighted by atomic mass is 10.0. The predicted octanol–water partition coefficient (Wildman–Crippen LogP) is 4.21. The molecule has 1 fully saturated rings. The summed E-state index contributed by atoms with van der Waals surface area (Å²) >= 11 is 6.81. The fourth-order valence-electron chi connectivity index (χ4n) is 1.97. The Labute approximate surface area is 117 Å². The minimum atomic E-state index is -0.322. The molecule has 5 heteroatoms. The van der Waals surface area contributed by atoms with Crippen LogP contribution in [0.5, 0.6) is 5.75 Å². The highest BCUT2D eigenvalue weighted by Crippen LogP contribution is 2.40. The van der Waals surface area contributed by atoms with E-state index in [0.29, 0.717) is 10.2 Å². The van der Waals surface area contributed by atoms with Crippen LogP contribution in [0.4, 0.5) is 4.39 Å². The predicted molar refractivity (Wildman–Crippen MR) is 71.3 cm³/mol. The molecule has 2 nitrogen and oxygen atoms in total. The molecule has 2 unspecified atom stereocenters. The van der Waals surface area contributed by atoms with E-state index in [1.165, 1.54) is 6.07 Å². The second-order valence-corrected chi connectivity index (χ2v) is 5.80. The normalized spacial score (nSPS) is 21.5. The van der Waals surface area contributed by atoms with E-state index in [9.17, 15) is 4.39 Å². The van der Waals surface area contributed by atoms with Crippen molar-refractivity contribution in [1.82, 2.24) is 0 Å². The molecule has 2 atom stereocenters. The number of hydrogen-bond acceptors (Lipinski definition) is 2. The largest absolute Gasteiger partial charge is 0.496 e. The number of methoxy groups -OCH3 is 1. The zero-order valence-corrected chi connectivity index (χ0v) is 12.6. The summed E-state index contributed by atoms with van der Waals surface area (Å²) in [5.41, 5.74) is 0.910. The van der Waals surface area contributed by atoms with Gasteiger partial charge in [-0.25, -0.2) is 4.39 Å². The summed E-state index contributed by atoms with van der Waals surface area (Å²) in [6.07, 6.45) is 2.20. The molecule has 0 bridgehead atoms. The van der Waals surface area contributed by atoms with Crippen molar-refractivity contribution in [3.05, 3.63) is 28.0 Å². The Balaban J connectivity index is 2.32. The van der Waals surface area contributed by atoms with Gasteiger partial charge in [0.2, 0.25) is 0 Å². The van der Waals surface area contributed by atoms with E-state index in [0.717, 1.165) is 25.0 Å². The second kappa shape index (κ2) is 5.67. The van der Waals surface area contributed by atoms with Gasteiger partial charge < -0.3 is 9.47 Å². The molecule has 0 N–H and O–H groups in total. The number of ether oxygens (including phenoxy) is 2. The van der Waals surface area contributed by atoms with Crippen molar-refractivity contribution >= 4 is 31.9 Å². The van der Waals surface area contributed by atoms with Crippen LogP contribution < -0.4 is 4.74 Å². The Kier molecular flexibility index (Phi) is 4.44. The molecule has 1 aromatic carbocycles. The third-order valence-electron chi connectivity index (χ3n) is 2.86. The molecule has 0 saturated carbocycles. The van der Waals surface area contributed by atoms with Crippen LogP contribution in [0.15, 0.2) is 16.6 Å². The van der Waals surface area contributed by atoms with Gasteiger partial charge >= 0.3 is 0 Å². The first-order valence-corrected chi connectivity index (χ1v) is 7.13. The van der Waals surface area contributed by atoms with Gasteiger partial charge in [0.1, 0.15) is 11.6 Å². The number of hydrogen-bond donors (Lipinski definition) is 0. The van der Waals surface area contributed by atoms with Crippen molar-refractivity contribution in [3.8, 4) is 5.75 Å². The first-order chi connectivity index (χ1) is 8.13. The van der Waals surface area contributed by atoms with E-state index in [4.69, 9.17) is 9.47 Å². The standard InChI is InChI=1S/C12H13Br2FO2/c1-16-11-6-9(15)8(13)5-7(11)12(14)10-3-2-4-17-10/h5-6,10,12H,2-4H2,1H3. The topological polar surface area (TPSA) is 18.5 Å². The van der Waals surface area contributed by atoms with Crippen LogP contribution in [-0.4, -0.2) is 19.8 Å². The maximum atomic E-state index is 13.4. The highest BCUT2D eigenvalue weighted by molar-refractivity contribution is 9.10. The lowest BCUT2D eigenvalue weighted by Gasteiger charge is -2.20. The van der Waals surface area contributed by atoms with Crippen LogP contribution in [0.2, 0.25) is 0 Å². The minimum absolute atomic E-state index is 0.0249. The molecule has 1 saturated heterocycles. The monoisotopic (exact) mass is 366 g/mol. The summed E-state index contributed by atoms with van der Waals surface area (Å²) < 4.78 is 24.7. The Morgan fingerprint density at radius 2 is 2.29 bits per heavy atom. The minimum Gasteiger partial charge on any atom is -0.496 e. The van der Waals surface area contributed by atoms with E-state index < -0.39 is 0 Å². The summed E-state index contributed by atoms with van der Waals surface area (Å²) in [7, 11) is 1.54. The van der Waals surface area contributed by atoms with Crippen molar-refractivity contribution in [2.75, 3.05) is 13.7 Å². The quantitative estimate of drug-likeness (QED) is 0.745. The van der Waals surface area contributed by atoms with E-state index in [-0.39, 0.29) is 16.7 Å². The molecule has 0 aromatic heterocycles. The third-order valence-corrected chi connectivity index (χ3v) is 4.55. The molecular weight excluding hydrogens is 355 g/mol. The zero-order valence-electron chi connectivity index (χ0n) is 9.38. The van der Waals surface area contributed by atoms with Crippen molar-refractivity contribution in [1.29, 1.82) is 0 Å². The van der Waals surface area contributed by atoms with Gasteiger partial charge in [-0.15, -0.1) is 0 Å². The van der Waals surface area contributed by atoms with Crippen molar-refractivity contribution in [2.45, 2.75) is 23.8 Å². The zero-order chi connectivity index (χ0) is 12.4. The van der Waals surface area contributed by atoms with E-state index in [1.807, 2.05) is 0 Å². The van der Waals surface area contributed by atoms with Crippen LogP contribution in [0.1, 0.15) is 23.2 Å². The molecule has 0 spiro atoms. The number of benzene rings is 1. The van der Waals surface area contributed by atoms with E-state index >= 15 is 0 Å². The smallest absolute Gasteiger partial charge is 0.141 e. The van der Waals surface area contributed by atoms with Gasteiger partial charge in [0, 0.05) is 18.2 Å². The summed E-state index contributed by atoms with van der Waals surface area (Å²) in [5, 5.41) is 0. The average Bonchev–Trinajstić information content (AvgIpc) is 2.84. The van der Waals surface area contributed by atoms with Crippen molar-refractivity contribution < 1.29 is 13.9 Å². The van der Waals surface area contributed by atoms with Crippen LogP contribution in [0.3, 0.4) is 0 Å². The molecule has 1 aromatic rings. The van der Waals surface area contributed by atoms with Crippen molar-refractivity contribution in [2.24, 2.45) is 0 Å². The maximum Gasteiger partial charge on any atom is 0.141 e. The lowest BCUT2D eigenvalue weighted by molar-refractivity contribution is 0.110. The van der Waals surface area contributed by atoms with Gasteiger partial charge in [-0.3, -0.25) is 0 Å². The Morgan fingerprint density at radius 3 is 2.88 bits per heavy atom. The molecule has 0 aliphatic carbocycles.